The maximum Gasteiger partial charge on any atom is 0.187 e. The second-order valence-corrected chi connectivity index (χ2v) is 4.69. The second kappa shape index (κ2) is 4.56. The van der Waals surface area contributed by atoms with E-state index in [2.05, 4.69) is 25.1 Å². The lowest BCUT2D eigenvalue weighted by Gasteiger charge is -2.38. The number of halogens is 1. The molecule has 2 aromatic heterocycles. The third kappa shape index (κ3) is 2.05. The Morgan fingerprint density at radius 2 is 2.21 bits per heavy atom. The molecule has 7 heteroatoms. The summed E-state index contributed by atoms with van der Waals surface area (Å²) in [7, 11) is 0. The van der Waals surface area contributed by atoms with Crippen molar-refractivity contribution >= 4 is 5.82 Å². The highest BCUT2D eigenvalue weighted by Crippen LogP contribution is 2.30. The smallest absolute Gasteiger partial charge is 0.187 e. The number of hydrogen-bond acceptors (Lipinski definition) is 5. The molecule has 0 aliphatic carbocycles. The molecular formula is C12H15FN6. The van der Waals surface area contributed by atoms with Crippen LogP contribution in [0.2, 0.25) is 0 Å². The van der Waals surface area contributed by atoms with Crippen LogP contribution >= 0.6 is 0 Å². The highest BCUT2D eigenvalue weighted by Gasteiger charge is 2.33. The molecule has 100 valence electrons. The fourth-order valence-electron chi connectivity index (χ4n) is 2.22. The third-order valence-electron chi connectivity index (χ3n) is 3.34. The Hall–Kier alpha value is -2.05. The fourth-order valence-corrected chi connectivity index (χ4v) is 2.22. The summed E-state index contributed by atoms with van der Waals surface area (Å²) in [6, 6.07) is 0. The zero-order chi connectivity index (χ0) is 13.4. The van der Waals surface area contributed by atoms with Crippen LogP contribution in [0.1, 0.15) is 30.2 Å². The van der Waals surface area contributed by atoms with Crippen molar-refractivity contribution in [3.05, 3.63) is 29.5 Å². The van der Waals surface area contributed by atoms with Gasteiger partial charge in [-0.25, -0.2) is 19.3 Å². The molecule has 0 atom stereocenters. The Labute approximate surface area is 110 Å². The molecule has 0 unspecified atom stereocenters. The number of nitrogens with one attached hydrogen (secondary N) is 1. The number of aromatic amines is 1. The van der Waals surface area contributed by atoms with Gasteiger partial charge in [0, 0.05) is 13.1 Å². The van der Waals surface area contributed by atoms with Gasteiger partial charge in [0.05, 0.1) is 11.6 Å². The molecule has 1 aliphatic rings. The molecule has 0 aromatic carbocycles. The molecule has 19 heavy (non-hydrogen) atoms. The maximum atomic E-state index is 14.1. The van der Waals surface area contributed by atoms with Crippen LogP contribution in [-0.4, -0.2) is 38.2 Å². The van der Waals surface area contributed by atoms with Crippen molar-refractivity contribution < 1.29 is 4.39 Å². The molecule has 2 aromatic rings. The zero-order valence-electron chi connectivity index (χ0n) is 10.9. The monoisotopic (exact) mass is 262 g/mol. The average Bonchev–Trinajstić information content (AvgIpc) is 2.76. The summed E-state index contributed by atoms with van der Waals surface area (Å²) in [6.45, 7) is 5.12. The quantitative estimate of drug-likeness (QED) is 0.900. The number of H-pyrrole nitrogens is 1. The van der Waals surface area contributed by atoms with Crippen LogP contribution in [0.4, 0.5) is 10.2 Å². The highest BCUT2D eigenvalue weighted by atomic mass is 19.1. The first-order valence-corrected chi connectivity index (χ1v) is 6.32. The van der Waals surface area contributed by atoms with Crippen molar-refractivity contribution in [1.29, 1.82) is 0 Å². The van der Waals surface area contributed by atoms with Gasteiger partial charge in [-0.3, -0.25) is 5.10 Å². The minimum atomic E-state index is -0.311. The van der Waals surface area contributed by atoms with Gasteiger partial charge in [0.15, 0.2) is 17.5 Å². The molecule has 0 radical (unpaired) electrons. The van der Waals surface area contributed by atoms with Crippen LogP contribution in [0.3, 0.4) is 0 Å². The molecule has 3 rings (SSSR count). The Kier molecular flexibility index (Phi) is 2.88. The van der Waals surface area contributed by atoms with Crippen molar-refractivity contribution in [2.75, 3.05) is 18.0 Å². The summed E-state index contributed by atoms with van der Waals surface area (Å²) in [4.78, 5) is 14.2. The lowest BCUT2D eigenvalue weighted by atomic mass is 9.99. The summed E-state index contributed by atoms with van der Waals surface area (Å²) in [5.41, 5.74) is 0.460. The molecule has 0 saturated carbocycles. The van der Waals surface area contributed by atoms with E-state index in [4.69, 9.17) is 0 Å². The van der Waals surface area contributed by atoms with Gasteiger partial charge in [0.25, 0.3) is 0 Å². The molecular weight excluding hydrogens is 247 g/mol. The van der Waals surface area contributed by atoms with Crippen LogP contribution in [0.15, 0.2) is 6.33 Å². The third-order valence-corrected chi connectivity index (χ3v) is 3.34. The summed E-state index contributed by atoms with van der Waals surface area (Å²) in [5, 5.41) is 6.96. The first kappa shape index (κ1) is 12.0. The largest absolute Gasteiger partial charge is 0.352 e. The highest BCUT2D eigenvalue weighted by molar-refractivity contribution is 5.45. The Balaban J connectivity index is 1.74. The maximum absolute atomic E-state index is 14.1. The molecule has 6 nitrogen and oxygen atoms in total. The van der Waals surface area contributed by atoms with Gasteiger partial charge in [-0.15, -0.1) is 0 Å². The van der Waals surface area contributed by atoms with Crippen LogP contribution < -0.4 is 4.90 Å². The molecule has 3 heterocycles. The molecule has 1 saturated heterocycles. The van der Waals surface area contributed by atoms with E-state index in [0.717, 1.165) is 11.6 Å². The Bertz CT molecular complexity index is 590. The minimum Gasteiger partial charge on any atom is -0.352 e. The number of aryl methyl sites for hydroxylation is 2. The zero-order valence-corrected chi connectivity index (χ0v) is 10.9. The van der Waals surface area contributed by atoms with E-state index in [1.165, 1.54) is 6.33 Å². The minimum absolute atomic E-state index is 0.240. The Morgan fingerprint density at radius 3 is 2.84 bits per heavy atom. The van der Waals surface area contributed by atoms with Crippen LogP contribution in [-0.2, 0) is 6.42 Å². The standard InChI is InChI=1S/C12H15FN6/c1-3-9-10(13)12(15-6-14-9)19-4-8(5-19)11-16-7(2)17-18-11/h6,8H,3-5H2,1-2H3,(H,16,17,18). The van der Waals surface area contributed by atoms with E-state index in [1.54, 1.807) is 0 Å². The lowest BCUT2D eigenvalue weighted by molar-refractivity contribution is 0.479. The van der Waals surface area contributed by atoms with Crippen molar-refractivity contribution in [2.24, 2.45) is 0 Å². The van der Waals surface area contributed by atoms with Crippen molar-refractivity contribution in [3.8, 4) is 0 Å². The number of hydrogen-bond donors (Lipinski definition) is 1. The van der Waals surface area contributed by atoms with Gasteiger partial charge in [-0.1, -0.05) is 6.92 Å². The van der Waals surface area contributed by atoms with E-state index < -0.39 is 0 Å². The first-order valence-electron chi connectivity index (χ1n) is 6.32. The van der Waals surface area contributed by atoms with Gasteiger partial charge >= 0.3 is 0 Å². The van der Waals surface area contributed by atoms with Gasteiger partial charge < -0.3 is 4.90 Å². The van der Waals surface area contributed by atoms with Gasteiger partial charge in [0.1, 0.15) is 12.2 Å². The molecule has 0 spiro atoms. The molecule has 1 N–H and O–H groups in total. The van der Waals surface area contributed by atoms with E-state index >= 15 is 0 Å². The number of nitrogens with zero attached hydrogens (tertiary/aromatic N) is 5. The van der Waals surface area contributed by atoms with Crippen LogP contribution in [0.25, 0.3) is 0 Å². The number of anilines is 1. The summed E-state index contributed by atoms with van der Waals surface area (Å²) in [5.74, 6) is 1.91. The number of aromatic nitrogens is 5. The van der Waals surface area contributed by atoms with Crippen molar-refractivity contribution in [1.82, 2.24) is 25.1 Å². The fraction of sp³-hybridized carbons (Fsp3) is 0.500. The van der Waals surface area contributed by atoms with Crippen molar-refractivity contribution in [3.63, 3.8) is 0 Å². The van der Waals surface area contributed by atoms with Gasteiger partial charge in [0.2, 0.25) is 0 Å². The normalized spacial score (nSPS) is 15.6. The predicted molar refractivity (Wildman–Crippen MR) is 67.4 cm³/mol. The van der Waals surface area contributed by atoms with E-state index in [-0.39, 0.29) is 11.7 Å². The van der Waals surface area contributed by atoms with E-state index in [1.807, 2.05) is 18.7 Å². The molecule has 1 fully saturated rings. The molecule has 0 bridgehead atoms. The first-order chi connectivity index (χ1) is 9.19. The lowest BCUT2D eigenvalue weighted by Crippen LogP contribution is -2.46. The molecule has 1 aliphatic heterocycles. The average molecular weight is 262 g/mol. The van der Waals surface area contributed by atoms with E-state index in [9.17, 15) is 4.39 Å². The Morgan fingerprint density at radius 1 is 1.42 bits per heavy atom. The SMILES string of the molecule is CCc1ncnc(N2CC(c3n[nH]c(C)n3)C2)c1F. The predicted octanol–water partition coefficient (Wildman–Crippen LogP) is 1.21. The second-order valence-electron chi connectivity index (χ2n) is 4.69. The summed E-state index contributed by atoms with van der Waals surface area (Å²) < 4.78 is 14.1. The number of rotatable bonds is 3. The topological polar surface area (TPSA) is 70.6 Å². The van der Waals surface area contributed by atoms with Gasteiger partial charge in [-0.05, 0) is 13.3 Å². The molecule has 0 amide bonds. The van der Waals surface area contributed by atoms with Crippen LogP contribution in [0, 0.1) is 12.7 Å². The summed E-state index contributed by atoms with van der Waals surface area (Å²) in [6.07, 6.45) is 1.99. The van der Waals surface area contributed by atoms with Crippen LogP contribution in [0.5, 0.6) is 0 Å². The van der Waals surface area contributed by atoms with Crippen molar-refractivity contribution in [2.45, 2.75) is 26.2 Å². The van der Waals surface area contributed by atoms with Gasteiger partial charge in [-0.2, -0.15) is 5.10 Å². The van der Waals surface area contributed by atoms with E-state index in [0.29, 0.717) is 31.0 Å². The summed E-state index contributed by atoms with van der Waals surface area (Å²) >= 11 is 0.